The van der Waals surface area contributed by atoms with Gasteiger partial charge in [-0.3, -0.25) is 4.79 Å². The van der Waals surface area contributed by atoms with Gasteiger partial charge in [-0.2, -0.15) is 17.0 Å². The minimum absolute atomic E-state index is 0.0159. The maximum absolute atomic E-state index is 12.9. The van der Waals surface area contributed by atoms with Crippen molar-refractivity contribution in [1.82, 2.24) is 8.61 Å². The summed E-state index contributed by atoms with van der Waals surface area (Å²) >= 11 is 0. The zero-order chi connectivity index (χ0) is 21.8. The molecule has 0 radical (unpaired) electrons. The van der Waals surface area contributed by atoms with Crippen LogP contribution in [-0.4, -0.2) is 54.6 Å². The molecule has 1 heterocycles. The molecule has 1 aliphatic rings. The number of carbonyl (C=O) groups is 2. The van der Waals surface area contributed by atoms with Crippen molar-refractivity contribution in [3.63, 3.8) is 0 Å². The summed E-state index contributed by atoms with van der Waals surface area (Å²) in [7, 11) is -2.86. The van der Waals surface area contributed by atoms with Gasteiger partial charge in [0, 0.05) is 20.1 Å². The van der Waals surface area contributed by atoms with Crippen LogP contribution in [0.5, 0.6) is 11.5 Å². The molecule has 9 heteroatoms. The standard InChI is InChI=1S/C20H30N2O6S/c1-6-8-13-22(14-9-7-2)29(25,26)21(5)19(24)27-16-12-10-11-15-17(16)28-20(3,4)18(15)23/h10-12H,6-9,13-14H2,1-5H3. The fourth-order valence-electron chi connectivity index (χ4n) is 2.94. The lowest BCUT2D eigenvalue weighted by Gasteiger charge is -2.27. The Morgan fingerprint density at radius 1 is 1.14 bits per heavy atom. The Hall–Kier alpha value is -2.13. The fraction of sp³-hybridized carbons (Fsp3) is 0.600. The van der Waals surface area contributed by atoms with E-state index in [9.17, 15) is 18.0 Å². The summed E-state index contributed by atoms with van der Waals surface area (Å²) in [6.45, 7) is 7.86. The number of Topliss-reactive ketones (excluding diaryl/α,β-unsaturated/α-hetero) is 1. The van der Waals surface area contributed by atoms with Crippen LogP contribution in [0.15, 0.2) is 18.2 Å². The first-order chi connectivity index (χ1) is 13.6. The third kappa shape index (κ3) is 4.90. The van der Waals surface area contributed by atoms with E-state index in [-0.39, 0.29) is 17.3 Å². The van der Waals surface area contributed by atoms with Gasteiger partial charge in [-0.05, 0) is 38.8 Å². The van der Waals surface area contributed by atoms with Crippen molar-refractivity contribution in [2.75, 3.05) is 20.1 Å². The van der Waals surface area contributed by atoms with Gasteiger partial charge in [0.05, 0.1) is 5.56 Å². The summed E-state index contributed by atoms with van der Waals surface area (Å²) in [6, 6.07) is 4.62. The number of benzene rings is 1. The van der Waals surface area contributed by atoms with E-state index in [1.807, 2.05) is 13.8 Å². The van der Waals surface area contributed by atoms with Gasteiger partial charge in [0.15, 0.2) is 17.1 Å². The molecule has 1 amide bonds. The van der Waals surface area contributed by atoms with E-state index in [0.29, 0.717) is 35.8 Å². The van der Waals surface area contributed by atoms with Crippen LogP contribution in [0, 0.1) is 0 Å². The number of unbranched alkanes of at least 4 members (excludes halogenated alkanes) is 2. The number of ketones is 1. The molecule has 29 heavy (non-hydrogen) atoms. The van der Waals surface area contributed by atoms with Crippen LogP contribution in [0.3, 0.4) is 0 Å². The molecular weight excluding hydrogens is 396 g/mol. The molecule has 0 fully saturated rings. The highest BCUT2D eigenvalue weighted by molar-refractivity contribution is 7.87. The Morgan fingerprint density at radius 2 is 1.72 bits per heavy atom. The number of fused-ring (bicyclic) bond motifs is 1. The molecule has 0 atom stereocenters. The number of amides is 1. The Labute approximate surface area is 173 Å². The van der Waals surface area contributed by atoms with Crippen molar-refractivity contribution in [2.45, 2.75) is 59.0 Å². The molecule has 2 rings (SSSR count). The predicted octanol–water partition coefficient (Wildman–Crippen LogP) is 3.62. The molecule has 0 aliphatic carbocycles. The monoisotopic (exact) mass is 426 g/mol. The van der Waals surface area contributed by atoms with E-state index < -0.39 is 21.9 Å². The zero-order valence-corrected chi connectivity index (χ0v) is 18.5. The van der Waals surface area contributed by atoms with Crippen LogP contribution in [-0.2, 0) is 10.2 Å². The second kappa shape index (κ2) is 9.13. The first-order valence-corrected chi connectivity index (χ1v) is 11.3. The highest BCUT2D eigenvalue weighted by Crippen LogP contribution is 2.41. The molecule has 0 N–H and O–H groups in total. The first kappa shape index (κ1) is 23.2. The van der Waals surface area contributed by atoms with E-state index in [1.165, 1.54) is 17.4 Å². The van der Waals surface area contributed by atoms with E-state index in [2.05, 4.69) is 0 Å². The van der Waals surface area contributed by atoms with Crippen molar-refractivity contribution in [3.05, 3.63) is 23.8 Å². The molecule has 0 spiro atoms. The van der Waals surface area contributed by atoms with Crippen LogP contribution in [0.2, 0.25) is 0 Å². The van der Waals surface area contributed by atoms with Gasteiger partial charge in [-0.1, -0.05) is 32.8 Å². The largest absolute Gasteiger partial charge is 0.475 e. The maximum atomic E-state index is 12.9. The van der Waals surface area contributed by atoms with E-state index in [0.717, 1.165) is 12.8 Å². The van der Waals surface area contributed by atoms with E-state index in [1.54, 1.807) is 26.0 Å². The average Bonchev–Trinajstić information content (AvgIpc) is 2.91. The predicted molar refractivity (Wildman–Crippen MR) is 110 cm³/mol. The van der Waals surface area contributed by atoms with Gasteiger partial charge < -0.3 is 9.47 Å². The number of hydrogen-bond donors (Lipinski definition) is 0. The van der Waals surface area contributed by atoms with Gasteiger partial charge >= 0.3 is 16.3 Å². The maximum Gasteiger partial charge on any atom is 0.429 e. The number of rotatable bonds is 9. The van der Waals surface area contributed by atoms with Gasteiger partial charge in [0.2, 0.25) is 5.78 Å². The topological polar surface area (TPSA) is 93.2 Å². The second-order valence-electron chi connectivity index (χ2n) is 7.52. The fourth-order valence-corrected chi connectivity index (χ4v) is 4.24. The molecule has 162 valence electrons. The molecule has 0 saturated carbocycles. The summed E-state index contributed by atoms with van der Waals surface area (Å²) in [5.41, 5.74) is -0.766. The van der Waals surface area contributed by atoms with E-state index in [4.69, 9.17) is 9.47 Å². The third-order valence-electron chi connectivity index (χ3n) is 4.78. The van der Waals surface area contributed by atoms with Gasteiger partial charge in [-0.25, -0.2) is 4.79 Å². The molecular formula is C20H30N2O6S. The number of para-hydroxylation sites is 1. The van der Waals surface area contributed by atoms with Crippen LogP contribution in [0.4, 0.5) is 4.79 Å². The Morgan fingerprint density at radius 3 is 2.28 bits per heavy atom. The third-order valence-corrected chi connectivity index (χ3v) is 6.64. The quantitative estimate of drug-likeness (QED) is 0.599. The normalized spacial score (nSPS) is 15.2. The zero-order valence-electron chi connectivity index (χ0n) is 17.7. The average molecular weight is 427 g/mol. The summed E-state index contributed by atoms with van der Waals surface area (Å²) in [6.07, 6.45) is 2.01. The SMILES string of the molecule is CCCCN(CCCC)S(=O)(=O)N(C)C(=O)Oc1cccc2c1OC(C)(C)C2=O. The Balaban J connectivity index is 2.22. The van der Waals surface area contributed by atoms with Gasteiger partial charge in [-0.15, -0.1) is 0 Å². The molecule has 0 bridgehead atoms. The first-order valence-electron chi connectivity index (χ1n) is 9.88. The number of ether oxygens (including phenoxy) is 2. The summed E-state index contributed by atoms with van der Waals surface area (Å²) in [5.74, 6) is -0.0608. The Kier molecular flexibility index (Phi) is 7.29. The van der Waals surface area contributed by atoms with Crippen molar-refractivity contribution >= 4 is 22.1 Å². The highest BCUT2D eigenvalue weighted by atomic mass is 32.2. The highest BCUT2D eigenvalue weighted by Gasteiger charge is 2.42. The molecule has 1 aliphatic heterocycles. The molecule has 8 nitrogen and oxygen atoms in total. The van der Waals surface area contributed by atoms with Gasteiger partial charge in [0.25, 0.3) is 0 Å². The second-order valence-corrected chi connectivity index (χ2v) is 9.48. The lowest BCUT2D eigenvalue weighted by molar-refractivity contribution is 0.0679. The van der Waals surface area contributed by atoms with E-state index >= 15 is 0 Å². The van der Waals surface area contributed by atoms with Crippen LogP contribution < -0.4 is 9.47 Å². The minimum Gasteiger partial charge on any atom is -0.475 e. The number of hydrogen-bond acceptors (Lipinski definition) is 6. The summed E-state index contributed by atoms with van der Waals surface area (Å²) in [4.78, 5) is 25.0. The van der Waals surface area contributed by atoms with Crippen LogP contribution >= 0.6 is 0 Å². The van der Waals surface area contributed by atoms with Crippen molar-refractivity contribution in [1.29, 1.82) is 0 Å². The van der Waals surface area contributed by atoms with Crippen molar-refractivity contribution in [3.8, 4) is 11.5 Å². The molecule has 0 saturated heterocycles. The Bertz CT molecular complexity index is 858. The summed E-state index contributed by atoms with van der Waals surface area (Å²) in [5, 5.41) is 0. The number of carbonyl (C=O) groups excluding carboxylic acids is 2. The van der Waals surface area contributed by atoms with Gasteiger partial charge in [0.1, 0.15) is 0 Å². The summed E-state index contributed by atoms with van der Waals surface area (Å²) < 4.78 is 38.7. The molecule has 1 aromatic rings. The van der Waals surface area contributed by atoms with Crippen molar-refractivity contribution < 1.29 is 27.5 Å². The lowest BCUT2D eigenvalue weighted by atomic mass is 10.00. The van der Waals surface area contributed by atoms with Crippen molar-refractivity contribution in [2.24, 2.45) is 0 Å². The van der Waals surface area contributed by atoms with Crippen LogP contribution in [0.1, 0.15) is 63.7 Å². The molecule has 0 aromatic heterocycles. The lowest BCUT2D eigenvalue weighted by Crippen LogP contribution is -2.46. The molecule has 1 aromatic carbocycles. The van der Waals surface area contributed by atoms with Crippen LogP contribution in [0.25, 0.3) is 0 Å². The minimum atomic E-state index is -4.03. The molecule has 0 unspecified atom stereocenters. The number of nitrogens with zero attached hydrogens (tertiary/aromatic N) is 2. The smallest absolute Gasteiger partial charge is 0.429 e.